The lowest BCUT2D eigenvalue weighted by Gasteiger charge is -1.99. The molecule has 2 rings (SSSR count). The number of H-pyrrole nitrogens is 1. The molecule has 0 aliphatic rings. The van der Waals surface area contributed by atoms with E-state index >= 15 is 0 Å². The van der Waals surface area contributed by atoms with E-state index in [0.717, 1.165) is 27.5 Å². The summed E-state index contributed by atoms with van der Waals surface area (Å²) in [6.07, 6.45) is 0.775. The lowest BCUT2D eigenvalue weighted by Crippen LogP contribution is -2.03. The van der Waals surface area contributed by atoms with Crippen LogP contribution in [0.1, 0.15) is 23.0 Å². The summed E-state index contributed by atoms with van der Waals surface area (Å²) in [5.41, 5.74) is 2.51. The average Bonchev–Trinajstić information content (AvgIpc) is 2.65. The van der Waals surface area contributed by atoms with E-state index in [1.54, 1.807) is 0 Å². The average molecular weight is 282 g/mol. The Kier molecular flexibility index (Phi) is 3.01. The van der Waals surface area contributed by atoms with Gasteiger partial charge in [-0.2, -0.15) is 0 Å². The molecule has 0 fully saturated rings. The Morgan fingerprint density at radius 1 is 1.50 bits per heavy atom. The van der Waals surface area contributed by atoms with Gasteiger partial charge in [0.05, 0.1) is 12.7 Å². The van der Waals surface area contributed by atoms with Crippen molar-refractivity contribution in [3.05, 3.63) is 33.9 Å². The van der Waals surface area contributed by atoms with Gasteiger partial charge >= 0.3 is 5.97 Å². The minimum absolute atomic E-state index is 0.287. The third kappa shape index (κ3) is 1.73. The first kappa shape index (κ1) is 11.2. The highest BCUT2D eigenvalue weighted by molar-refractivity contribution is 9.10. The van der Waals surface area contributed by atoms with Gasteiger partial charge in [-0.3, -0.25) is 0 Å². The molecule has 0 saturated carbocycles. The van der Waals surface area contributed by atoms with Crippen molar-refractivity contribution < 1.29 is 9.53 Å². The highest BCUT2D eigenvalue weighted by Crippen LogP contribution is 2.26. The zero-order valence-electron chi connectivity index (χ0n) is 9.13. The summed E-state index contributed by atoms with van der Waals surface area (Å²) in [7, 11) is 1.40. The van der Waals surface area contributed by atoms with E-state index in [1.165, 1.54) is 7.11 Å². The second-order valence-electron chi connectivity index (χ2n) is 3.51. The number of hydrogen-bond donors (Lipinski definition) is 1. The lowest BCUT2D eigenvalue weighted by atomic mass is 10.1. The molecule has 4 heteroatoms. The minimum atomic E-state index is -0.287. The van der Waals surface area contributed by atoms with Gasteiger partial charge in [0.15, 0.2) is 0 Å². The number of halogens is 1. The van der Waals surface area contributed by atoms with Gasteiger partial charge in [-0.05, 0) is 18.6 Å². The standard InChI is InChI=1S/C12H12BrNO2/c1-3-9-11(12(15)16-2)8-5-4-7(13)6-10(8)14-9/h4-6,14H,3H2,1-2H3. The van der Waals surface area contributed by atoms with Gasteiger partial charge in [-0.1, -0.05) is 28.9 Å². The van der Waals surface area contributed by atoms with E-state index in [0.29, 0.717) is 5.56 Å². The summed E-state index contributed by atoms with van der Waals surface area (Å²) in [6.45, 7) is 2.01. The molecule has 0 unspecified atom stereocenters. The molecular formula is C12H12BrNO2. The van der Waals surface area contributed by atoms with Crippen molar-refractivity contribution in [3.63, 3.8) is 0 Å². The number of hydrogen-bond acceptors (Lipinski definition) is 2. The van der Waals surface area contributed by atoms with Gasteiger partial charge in [0, 0.05) is 21.1 Å². The molecule has 1 heterocycles. The van der Waals surface area contributed by atoms with E-state index in [1.807, 2.05) is 25.1 Å². The van der Waals surface area contributed by atoms with Crippen LogP contribution in [0.5, 0.6) is 0 Å². The number of benzene rings is 1. The minimum Gasteiger partial charge on any atom is -0.465 e. The summed E-state index contributed by atoms with van der Waals surface area (Å²) < 4.78 is 5.79. The fourth-order valence-electron chi connectivity index (χ4n) is 1.83. The van der Waals surface area contributed by atoms with Crippen LogP contribution in [0.15, 0.2) is 22.7 Å². The molecule has 1 aromatic heterocycles. The molecule has 3 nitrogen and oxygen atoms in total. The fraction of sp³-hybridized carbons (Fsp3) is 0.250. The van der Waals surface area contributed by atoms with Gasteiger partial charge in [0.2, 0.25) is 0 Å². The maximum atomic E-state index is 11.7. The predicted octanol–water partition coefficient (Wildman–Crippen LogP) is 3.28. The maximum absolute atomic E-state index is 11.7. The Labute approximate surface area is 102 Å². The highest BCUT2D eigenvalue weighted by Gasteiger charge is 2.17. The van der Waals surface area contributed by atoms with Crippen molar-refractivity contribution in [2.75, 3.05) is 7.11 Å². The van der Waals surface area contributed by atoms with Crippen LogP contribution in [0.3, 0.4) is 0 Å². The number of methoxy groups -OCH3 is 1. The highest BCUT2D eigenvalue weighted by atomic mass is 79.9. The van der Waals surface area contributed by atoms with E-state index in [-0.39, 0.29) is 5.97 Å². The molecule has 0 spiro atoms. The van der Waals surface area contributed by atoms with Gasteiger partial charge in [0.1, 0.15) is 0 Å². The van der Waals surface area contributed by atoms with Crippen molar-refractivity contribution >= 4 is 32.8 Å². The number of fused-ring (bicyclic) bond motifs is 1. The molecule has 2 aromatic rings. The molecule has 0 amide bonds. The Balaban J connectivity index is 2.73. The van der Waals surface area contributed by atoms with Crippen LogP contribution in [-0.4, -0.2) is 18.1 Å². The van der Waals surface area contributed by atoms with Crippen LogP contribution in [0, 0.1) is 0 Å². The van der Waals surface area contributed by atoms with Crippen molar-refractivity contribution in [1.29, 1.82) is 0 Å². The van der Waals surface area contributed by atoms with Gasteiger partial charge < -0.3 is 9.72 Å². The summed E-state index contributed by atoms with van der Waals surface area (Å²) in [4.78, 5) is 14.9. The number of esters is 1. The first-order valence-electron chi connectivity index (χ1n) is 5.05. The summed E-state index contributed by atoms with van der Waals surface area (Å²) in [5.74, 6) is -0.287. The number of aromatic amines is 1. The molecule has 0 bridgehead atoms. The van der Waals surface area contributed by atoms with Crippen molar-refractivity contribution in [2.24, 2.45) is 0 Å². The smallest absolute Gasteiger partial charge is 0.340 e. The summed E-state index contributed by atoms with van der Waals surface area (Å²) in [5, 5.41) is 0.909. The second kappa shape index (κ2) is 4.29. The van der Waals surface area contributed by atoms with E-state index in [2.05, 4.69) is 20.9 Å². The third-order valence-corrected chi connectivity index (χ3v) is 3.07. The molecule has 16 heavy (non-hydrogen) atoms. The fourth-order valence-corrected chi connectivity index (χ4v) is 2.19. The van der Waals surface area contributed by atoms with Gasteiger partial charge in [-0.25, -0.2) is 4.79 Å². The topological polar surface area (TPSA) is 42.1 Å². The predicted molar refractivity (Wildman–Crippen MR) is 66.7 cm³/mol. The number of aryl methyl sites for hydroxylation is 1. The monoisotopic (exact) mass is 281 g/mol. The molecule has 0 atom stereocenters. The van der Waals surface area contributed by atoms with E-state index in [4.69, 9.17) is 4.74 Å². The first-order chi connectivity index (χ1) is 7.67. The SMILES string of the molecule is CCc1[nH]c2cc(Br)ccc2c1C(=O)OC. The Morgan fingerprint density at radius 2 is 2.25 bits per heavy atom. The zero-order chi connectivity index (χ0) is 11.7. The number of ether oxygens (including phenoxy) is 1. The Morgan fingerprint density at radius 3 is 2.88 bits per heavy atom. The molecule has 0 radical (unpaired) electrons. The van der Waals surface area contributed by atoms with Crippen molar-refractivity contribution in [1.82, 2.24) is 4.98 Å². The lowest BCUT2D eigenvalue weighted by molar-refractivity contribution is 0.0602. The van der Waals surface area contributed by atoms with E-state index < -0.39 is 0 Å². The van der Waals surface area contributed by atoms with Crippen molar-refractivity contribution in [2.45, 2.75) is 13.3 Å². The first-order valence-corrected chi connectivity index (χ1v) is 5.85. The number of carbonyl (C=O) groups is 1. The molecular weight excluding hydrogens is 270 g/mol. The number of aromatic nitrogens is 1. The Bertz CT molecular complexity index is 545. The third-order valence-electron chi connectivity index (χ3n) is 2.58. The zero-order valence-corrected chi connectivity index (χ0v) is 10.7. The molecule has 1 N–H and O–H groups in total. The van der Waals surface area contributed by atoms with Crippen molar-refractivity contribution in [3.8, 4) is 0 Å². The molecule has 1 aromatic carbocycles. The quantitative estimate of drug-likeness (QED) is 0.859. The number of carbonyl (C=O) groups excluding carboxylic acids is 1. The normalized spacial score (nSPS) is 10.7. The summed E-state index contributed by atoms with van der Waals surface area (Å²) in [6, 6.07) is 5.80. The van der Waals surface area contributed by atoms with Crippen LogP contribution in [0.4, 0.5) is 0 Å². The maximum Gasteiger partial charge on any atom is 0.340 e. The van der Waals surface area contributed by atoms with Gasteiger partial charge in [-0.15, -0.1) is 0 Å². The largest absolute Gasteiger partial charge is 0.465 e. The molecule has 0 aliphatic heterocycles. The second-order valence-corrected chi connectivity index (χ2v) is 4.43. The number of rotatable bonds is 2. The van der Waals surface area contributed by atoms with Crippen LogP contribution in [0.2, 0.25) is 0 Å². The Hall–Kier alpha value is -1.29. The molecule has 0 saturated heterocycles. The molecule has 0 aliphatic carbocycles. The van der Waals surface area contributed by atoms with Crippen LogP contribution in [-0.2, 0) is 11.2 Å². The van der Waals surface area contributed by atoms with Crippen LogP contribution >= 0.6 is 15.9 Å². The number of nitrogens with one attached hydrogen (secondary N) is 1. The van der Waals surface area contributed by atoms with Gasteiger partial charge in [0.25, 0.3) is 0 Å². The van der Waals surface area contributed by atoms with Crippen LogP contribution < -0.4 is 0 Å². The molecule has 84 valence electrons. The van der Waals surface area contributed by atoms with Crippen LogP contribution in [0.25, 0.3) is 10.9 Å². The van der Waals surface area contributed by atoms with E-state index in [9.17, 15) is 4.79 Å². The summed E-state index contributed by atoms with van der Waals surface area (Å²) >= 11 is 3.41.